The summed E-state index contributed by atoms with van der Waals surface area (Å²) in [7, 11) is 0. The molecule has 1 fully saturated rings. The molecule has 2 heteroatoms. The zero-order chi connectivity index (χ0) is 8.65. The normalized spacial score (nSPS) is 31.1. The predicted molar refractivity (Wildman–Crippen MR) is 45.9 cm³/mol. The first-order valence-electron chi connectivity index (χ1n) is 4.37. The van der Waals surface area contributed by atoms with Gasteiger partial charge >= 0.3 is 0 Å². The number of nitrogens with zero attached hydrogens (tertiary/aromatic N) is 1. The second-order valence-corrected chi connectivity index (χ2v) is 4.69. The number of rotatable bonds is 2. The Bertz CT molecular complexity index is 137. The second-order valence-electron chi connectivity index (χ2n) is 4.69. The minimum atomic E-state index is 0.180. The highest BCUT2D eigenvalue weighted by Gasteiger charge is 2.44. The van der Waals surface area contributed by atoms with Crippen molar-refractivity contribution >= 4 is 0 Å². The van der Waals surface area contributed by atoms with Crippen molar-refractivity contribution in [2.75, 3.05) is 0 Å². The van der Waals surface area contributed by atoms with Crippen molar-refractivity contribution < 1.29 is 4.84 Å². The van der Waals surface area contributed by atoms with Crippen LogP contribution in [0.25, 0.3) is 0 Å². The minimum absolute atomic E-state index is 0.180. The molecular weight excluding hydrogens is 138 g/mol. The molecule has 0 aromatic rings. The molecule has 1 saturated heterocycles. The average Bonchev–Trinajstić information content (AvgIpc) is 2.40. The van der Waals surface area contributed by atoms with E-state index in [-0.39, 0.29) is 5.54 Å². The molecule has 1 aliphatic heterocycles. The summed E-state index contributed by atoms with van der Waals surface area (Å²) >= 11 is 0. The summed E-state index contributed by atoms with van der Waals surface area (Å²) in [6, 6.07) is 0. The molecular formula is C9H19NO. The van der Waals surface area contributed by atoms with E-state index in [1.54, 1.807) is 0 Å². The van der Waals surface area contributed by atoms with Crippen LogP contribution in [0.2, 0.25) is 0 Å². The van der Waals surface area contributed by atoms with E-state index in [4.69, 9.17) is 4.84 Å². The van der Waals surface area contributed by atoms with Crippen molar-refractivity contribution in [1.29, 1.82) is 0 Å². The lowest BCUT2D eigenvalue weighted by atomic mass is 10.1. The molecule has 1 heterocycles. The standard InChI is InChI=1S/C9H19NO/c1-7(2)6-8-10(11-8)9(3,4)5/h7-8H,6H2,1-5H3. The van der Waals surface area contributed by atoms with E-state index >= 15 is 0 Å². The summed E-state index contributed by atoms with van der Waals surface area (Å²) < 4.78 is 0. The fraction of sp³-hybridized carbons (Fsp3) is 1.00. The van der Waals surface area contributed by atoms with Gasteiger partial charge < -0.3 is 0 Å². The Balaban J connectivity index is 2.27. The van der Waals surface area contributed by atoms with Crippen LogP contribution in [0.4, 0.5) is 0 Å². The van der Waals surface area contributed by atoms with Gasteiger partial charge in [0.25, 0.3) is 0 Å². The van der Waals surface area contributed by atoms with Crippen LogP contribution in [-0.2, 0) is 4.84 Å². The zero-order valence-corrected chi connectivity index (χ0v) is 8.22. The lowest BCUT2D eigenvalue weighted by Gasteiger charge is -2.16. The molecule has 0 amide bonds. The van der Waals surface area contributed by atoms with E-state index in [1.807, 2.05) is 0 Å². The third kappa shape index (κ3) is 2.46. The van der Waals surface area contributed by atoms with Gasteiger partial charge in [-0.1, -0.05) is 13.8 Å². The van der Waals surface area contributed by atoms with Crippen LogP contribution in [0, 0.1) is 5.92 Å². The fourth-order valence-electron chi connectivity index (χ4n) is 1.24. The fourth-order valence-corrected chi connectivity index (χ4v) is 1.24. The summed E-state index contributed by atoms with van der Waals surface area (Å²) in [5.41, 5.74) is 0.180. The molecule has 0 aromatic heterocycles. The highest BCUT2D eigenvalue weighted by Crippen LogP contribution is 2.34. The van der Waals surface area contributed by atoms with Crippen molar-refractivity contribution in [2.24, 2.45) is 5.92 Å². The molecule has 0 aromatic carbocycles. The molecule has 0 bridgehead atoms. The van der Waals surface area contributed by atoms with Crippen LogP contribution in [0.15, 0.2) is 0 Å². The highest BCUT2D eigenvalue weighted by molar-refractivity contribution is 4.80. The van der Waals surface area contributed by atoms with Gasteiger partial charge in [-0.2, -0.15) is 5.06 Å². The Kier molecular flexibility index (Phi) is 2.26. The highest BCUT2D eigenvalue weighted by atomic mass is 16.8. The lowest BCUT2D eigenvalue weighted by Crippen LogP contribution is -2.27. The molecule has 11 heavy (non-hydrogen) atoms. The van der Waals surface area contributed by atoms with Gasteiger partial charge in [0.05, 0.1) is 0 Å². The van der Waals surface area contributed by atoms with E-state index in [0.29, 0.717) is 6.23 Å². The lowest BCUT2D eigenvalue weighted by molar-refractivity contribution is 0.101. The molecule has 66 valence electrons. The van der Waals surface area contributed by atoms with Gasteiger partial charge in [-0.3, -0.25) is 4.84 Å². The van der Waals surface area contributed by atoms with E-state index in [9.17, 15) is 0 Å². The molecule has 1 aliphatic rings. The van der Waals surface area contributed by atoms with E-state index in [2.05, 4.69) is 39.7 Å². The van der Waals surface area contributed by atoms with Crippen molar-refractivity contribution in [3.63, 3.8) is 0 Å². The quantitative estimate of drug-likeness (QED) is 0.572. The molecule has 0 aliphatic carbocycles. The first kappa shape index (κ1) is 9.01. The Morgan fingerprint density at radius 3 is 2.18 bits per heavy atom. The van der Waals surface area contributed by atoms with Crippen molar-refractivity contribution in [1.82, 2.24) is 5.06 Å². The van der Waals surface area contributed by atoms with Gasteiger partial charge in [0.1, 0.15) is 0 Å². The maximum Gasteiger partial charge on any atom is 0.155 e. The van der Waals surface area contributed by atoms with E-state index < -0.39 is 0 Å². The van der Waals surface area contributed by atoms with Crippen molar-refractivity contribution in [3.05, 3.63) is 0 Å². The molecule has 2 unspecified atom stereocenters. The predicted octanol–water partition coefficient (Wildman–Crippen LogP) is 2.40. The van der Waals surface area contributed by atoms with Gasteiger partial charge in [-0.25, -0.2) is 0 Å². The maximum absolute atomic E-state index is 5.43. The monoisotopic (exact) mass is 157 g/mol. The zero-order valence-electron chi connectivity index (χ0n) is 8.22. The molecule has 0 N–H and O–H groups in total. The summed E-state index contributed by atoms with van der Waals surface area (Å²) in [6.45, 7) is 11.0. The van der Waals surface area contributed by atoms with E-state index in [1.165, 1.54) is 0 Å². The minimum Gasteiger partial charge on any atom is -0.275 e. The van der Waals surface area contributed by atoms with Crippen LogP contribution in [0.3, 0.4) is 0 Å². The molecule has 0 radical (unpaired) electrons. The van der Waals surface area contributed by atoms with E-state index in [0.717, 1.165) is 12.3 Å². The Morgan fingerprint density at radius 2 is 1.91 bits per heavy atom. The maximum atomic E-state index is 5.43. The van der Waals surface area contributed by atoms with Crippen molar-refractivity contribution in [2.45, 2.75) is 52.8 Å². The summed E-state index contributed by atoms with van der Waals surface area (Å²) in [4.78, 5) is 5.43. The summed E-state index contributed by atoms with van der Waals surface area (Å²) in [5.74, 6) is 0.729. The first-order valence-corrected chi connectivity index (χ1v) is 4.37. The smallest absolute Gasteiger partial charge is 0.155 e. The number of hydrogen-bond acceptors (Lipinski definition) is 2. The second kappa shape index (κ2) is 2.76. The number of hydroxylamine groups is 2. The van der Waals surface area contributed by atoms with Gasteiger partial charge in [0, 0.05) is 5.54 Å². The first-order chi connectivity index (χ1) is 4.91. The Morgan fingerprint density at radius 1 is 1.36 bits per heavy atom. The Hall–Kier alpha value is -0.0800. The topological polar surface area (TPSA) is 15.5 Å². The third-order valence-electron chi connectivity index (χ3n) is 1.79. The van der Waals surface area contributed by atoms with Gasteiger partial charge in [-0.15, -0.1) is 0 Å². The molecule has 2 nitrogen and oxygen atoms in total. The Labute approximate surface area is 69.5 Å². The van der Waals surface area contributed by atoms with Crippen LogP contribution in [0.5, 0.6) is 0 Å². The summed E-state index contributed by atoms with van der Waals surface area (Å²) in [5, 5.41) is 2.08. The van der Waals surface area contributed by atoms with Crippen LogP contribution in [0.1, 0.15) is 41.0 Å². The van der Waals surface area contributed by atoms with Gasteiger partial charge in [0.2, 0.25) is 0 Å². The summed E-state index contributed by atoms with van der Waals surface area (Å²) in [6.07, 6.45) is 1.53. The number of hydrogen-bond donors (Lipinski definition) is 0. The van der Waals surface area contributed by atoms with Gasteiger partial charge in [-0.05, 0) is 33.1 Å². The SMILES string of the molecule is CC(C)CC1ON1C(C)(C)C. The third-order valence-corrected chi connectivity index (χ3v) is 1.79. The molecule has 0 spiro atoms. The van der Waals surface area contributed by atoms with Crippen LogP contribution >= 0.6 is 0 Å². The molecule has 2 atom stereocenters. The molecule has 1 rings (SSSR count). The van der Waals surface area contributed by atoms with Crippen molar-refractivity contribution in [3.8, 4) is 0 Å². The van der Waals surface area contributed by atoms with Crippen LogP contribution in [-0.4, -0.2) is 16.8 Å². The largest absolute Gasteiger partial charge is 0.275 e. The molecule has 0 saturated carbocycles. The average molecular weight is 157 g/mol. The van der Waals surface area contributed by atoms with Gasteiger partial charge in [0.15, 0.2) is 6.23 Å². The van der Waals surface area contributed by atoms with Crippen LogP contribution < -0.4 is 0 Å².